The second-order valence-corrected chi connectivity index (χ2v) is 6.51. The molecule has 0 radical (unpaired) electrons. The van der Waals surface area contributed by atoms with Gasteiger partial charge in [-0.3, -0.25) is 4.79 Å². The standard InChI is InChI=1S/C20H21NO/c22-20(21-17-7-2-1-3-8-17)16-11-10-15-12-14-6-4-5-9-18(14)19(15)13-16/h4-6,9-11,13,17H,1-3,7-8,12H2,(H,21,22). The Balaban J connectivity index is 1.58. The molecule has 0 bridgehead atoms. The van der Waals surface area contributed by atoms with Gasteiger partial charge in [-0.05, 0) is 53.6 Å². The molecule has 1 amide bonds. The summed E-state index contributed by atoms with van der Waals surface area (Å²) in [6, 6.07) is 15.0. The normalized spacial score (nSPS) is 16.9. The topological polar surface area (TPSA) is 29.1 Å². The van der Waals surface area contributed by atoms with Crippen LogP contribution < -0.4 is 5.32 Å². The SMILES string of the molecule is O=C(NC1CCCCC1)c1ccc2c(c1)-c1ccccc1C2. The van der Waals surface area contributed by atoms with Gasteiger partial charge in [0.05, 0.1) is 0 Å². The predicted octanol–water partition coefficient (Wildman–Crippen LogP) is 4.32. The summed E-state index contributed by atoms with van der Waals surface area (Å²) < 4.78 is 0. The van der Waals surface area contributed by atoms with Crippen LogP contribution in [0.25, 0.3) is 11.1 Å². The van der Waals surface area contributed by atoms with Gasteiger partial charge in [-0.15, -0.1) is 0 Å². The lowest BCUT2D eigenvalue weighted by Gasteiger charge is -2.22. The molecule has 1 saturated carbocycles. The summed E-state index contributed by atoms with van der Waals surface area (Å²) in [6.07, 6.45) is 7.02. The van der Waals surface area contributed by atoms with Crippen molar-refractivity contribution in [2.75, 3.05) is 0 Å². The highest BCUT2D eigenvalue weighted by atomic mass is 16.1. The van der Waals surface area contributed by atoms with Crippen LogP contribution in [0.5, 0.6) is 0 Å². The van der Waals surface area contributed by atoms with Gasteiger partial charge in [-0.1, -0.05) is 49.6 Å². The van der Waals surface area contributed by atoms with E-state index in [0.29, 0.717) is 6.04 Å². The predicted molar refractivity (Wildman–Crippen MR) is 89.0 cm³/mol. The molecule has 0 saturated heterocycles. The summed E-state index contributed by atoms with van der Waals surface area (Å²) >= 11 is 0. The van der Waals surface area contributed by atoms with E-state index >= 15 is 0 Å². The van der Waals surface area contributed by atoms with Crippen LogP contribution in [0.4, 0.5) is 0 Å². The van der Waals surface area contributed by atoms with Gasteiger partial charge in [-0.2, -0.15) is 0 Å². The van der Waals surface area contributed by atoms with Crippen molar-refractivity contribution in [1.29, 1.82) is 0 Å². The number of hydrogen-bond donors (Lipinski definition) is 1. The molecule has 0 aromatic heterocycles. The second-order valence-electron chi connectivity index (χ2n) is 6.51. The van der Waals surface area contributed by atoms with Crippen molar-refractivity contribution >= 4 is 5.91 Å². The average molecular weight is 291 g/mol. The average Bonchev–Trinajstić information content (AvgIpc) is 2.93. The molecule has 0 spiro atoms. The summed E-state index contributed by atoms with van der Waals surface area (Å²) in [5, 5.41) is 3.21. The van der Waals surface area contributed by atoms with E-state index in [1.165, 1.54) is 41.5 Å². The largest absolute Gasteiger partial charge is 0.349 e. The number of carbonyl (C=O) groups is 1. The van der Waals surface area contributed by atoms with E-state index in [9.17, 15) is 4.79 Å². The van der Waals surface area contributed by atoms with Gasteiger partial charge < -0.3 is 5.32 Å². The number of rotatable bonds is 2. The van der Waals surface area contributed by atoms with Gasteiger partial charge in [0, 0.05) is 11.6 Å². The number of amides is 1. The molecule has 4 rings (SSSR count). The van der Waals surface area contributed by atoms with Crippen LogP contribution in [0, 0.1) is 0 Å². The van der Waals surface area contributed by atoms with Crippen molar-refractivity contribution in [3.05, 3.63) is 59.2 Å². The van der Waals surface area contributed by atoms with Crippen LogP contribution in [0.3, 0.4) is 0 Å². The first kappa shape index (κ1) is 13.6. The van der Waals surface area contributed by atoms with Crippen molar-refractivity contribution in [1.82, 2.24) is 5.32 Å². The highest BCUT2D eigenvalue weighted by molar-refractivity contribution is 5.96. The molecule has 2 aliphatic rings. The van der Waals surface area contributed by atoms with Gasteiger partial charge in [0.2, 0.25) is 0 Å². The lowest BCUT2D eigenvalue weighted by molar-refractivity contribution is 0.0928. The van der Waals surface area contributed by atoms with Crippen LogP contribution in [0.2, 0.25) is 0 Å². The molecule has 2 aromatic carbocycles. The Labute approximate surface area is 131 Å². The Kier molecular flexibility index (Phi) is 3.45. The molecule has 2 heteroatoms. The Morgan fingerprint density at radius 2 is 1.68 bits per heavy atom. The molecule has 1 N–H and O–H groups in total. The lowest BCUT2D eigenvalue weighted by Crippen LogP contribution is -2.36. The summed E-state index contributed by atoms with van der Waals surface area (Å²) in [7, 11) is 0. The maximum absolute atomic E-state index is 12.5. The van der Waals surface area contributed by atoms with Gasteiger partial charge in [0.15, 0.2) is 0 Å². The van der Waals surface area contributed by atoms with Crippen LogP contribution in [-0.4, -0.2) is 11.9 Å². The van der Waals surface area contributed by atoms with Crippen molar-refractivity contribution in [2.45, 2.75) is 44.6 Å². The van der Waals surface area contributed by atoms with Crippen LogP contribution in [0.15, 0.2) is 42.5 Å². The minimum absolute atomic E-state index is 0.0825. The highest BCUT2D eigenvalue weighted by Crippen LogP contribution is 2.36. The van der Waals surface area contributed by atoms with Gasteiger partial charge >= 0.3 is 0 Å². The number of hydrogen-bond acceptors (Lipinski definition) is 1. The minimum atomic E-state index is 0.0825. The quantitative estimate of drug-likeness (QED) is 0.748. The zero-order chi connectivity index (χ0) is 14.9. The molecule has 2 aliphatic carbocycles. The van der Waals surface area contributed by atoms with E-state index < -0.39 is 0 Å². The number of carbonyl (C=O) groups excluding carboxylic acids is 1. The molecule has 112 valence electrons. The first-order valence-corrected chi connectivity index (χ1v) is 8.33. The van der Waals surface area contributed by atoms with E-state index in [0.717, 1.165) is 24.8 Å². The van der Waals surface area contributed by atoms with Crippen molar-refractivity contribution < 1.29 is 4.79 Å². The third kappa shape index (κ3) is 2.43. The third-order valence-electron chi connectivity index (χ3n) is 5.00. The molecular weight excluding hydrogens is 270 g/mol. The maximum atomic E-state index is 12.5. The fourth-order valence-corrected chi connectivity index (χ4v) is 3.78. The van der Waals surface area contributed by atoms with Crippen LogP contribution >= 0.6 is 0 Å². The molecule has 0 atom stereocenters. The van der Waals surface area contributed by atoms with Crippen LogP contribution in [-0.2, 0) is 6.42 Å². The Morgan fingerprint density at radius 1 is 0.909 bits per heavy atom. The summed E-state index contributed by atoms with van der Waals surface area (Å²) in [4.78, 5) is 12.5. The Hall–Kier alpha value is -2.09. The molecule has 22 heavy (non-hydrogen) atoms. The fourth-order valence-electron chi connectivity index (χ4n) is 3.78. The number of nitrogens with one attached hydrogen (secondary N) is 1. The first-order valence-electron chi connectivity index (χ1n) is 8.33. The lowest BCUT2D eigenvalue weighted by atomic mass is 9.95. The smallest absolute Gasteiger partial charge is 0.251 e. The van der Waals surface area contributed by atoms with Gasteiger partial charge in [-0.25, -0.2) is 0 Å². The van der Waals surface area contributed by atoms with E-state index in [1.807, 2.05) is 6.07 Å². The van der Waals surface area contributed by atoms with E-state index in [1.54, 1.807) is 0 Å². The first-order chi connectivity index (χ1) is 10.8. The zero-order valence-corrected chi connectivity index (χ0v) is 12.8. The molecule has 0 aliphatic heterocycles. The summed E-state index contributed by atoms with van der Waals surface area (Å²) in [6.45, 7) is 0. The maximum Gasteiger partial charge on any atom is 0.251 e. The molecule has 2 aromatic rings. The van der Waals surface area contributed by atoms with Gasteiger partial charge in [0.1, 0.15) is 0 Å². The summed E-state index contributed by atoms with van der Waals surface area (Å²) in [5.74, 6) is 0.0825. The summed E-state index contributed by atoms with van der Waals surface area (Å²) in [5.41, 5.74) is 6.00. The monoisotopic (exact) mass is 291 g/mol. The third-order valence-corrected chi connectivity index (χ3v) is 5.00. The molecule has 0 heterocycles. The minimum Gasteiger partial charge on any atom is -0.349 e. The van der Waals surface area contributed by atoms with Crippen LogP contribution in [0.1, 0.15) is 53.6 Å². The number of fused-ring (bicyclic) bond motifs is 3. The Morgan fingerprint density at radius 3 is 2.55 bits per heavy atom. The van der Waals surface area contributed by atoms with Crippen molar-refractivity contribution in [2.24, 2.45) is 0 Å². The van der Waals surface area contributed by atoms with Gasteiger partial charge in [0.25, 0.3) is 5.91 Å². The molecule has 0 unspecified atom stereocenters. The van der Waals surface area contributed by atoms with Crippen molar-refractivity contribution in [3.63, 3.8) is 0 Å². The molecule has 2 nitrogen and oxygen atoms in total. The number of benzene rings is 2. The molecular formula is C20H21NO. The molecule has 1 fully saturated rings. The van der Waals surface area contributed by atoms with E-state index in [4.69, 9.17) is 0 Å². The van der Waals surface area contributed by atoms with Crippen molar-refractivity contribution in [3.8, 4) is 11.1 Å². The highest BCUT2D eigenvalue weighted by Gasteiger charge is 2.21. The van der Waals surface area contributed by atoms with E-state index in [2.05, 4.69) is 41.7 Å². The zero-order valence-electron chi connectivity index (χ0n) is 12.8. The Bertz CT molecular complexity index is 713. The van der Waals surface area contributed by atoms with E-state index in [-0.39, 0.29) is 5.91 Å². The second kappa shape index (κ2) is 5.60. The fraction of sp³-hybridized carbons (Fsp3) is 0.350.